The van der Waals surface area contributed by atoms with E-state index in [1.165, 1.54) is 61.8 Å². The van der Waals surface area contributed by atoms with E-state index in [2.05, 4.69) is 147 Å². The van der Waals surface area contributed by atoms with Crippen LogP contribution in [0.15, 0.2) is 128 Å². The molecule has 2 aliphatic rings. The molecule has 0 spiro atoms. The highest BCUT2D eigenvalue weighted by molar-refractivity contribution is 7.61. The number of aliphatic hydroxyl groups is 6. The predicted octanol–water partition coefficient (Wildman–Crippen LogP) is 14.2. The molecule has 0 aliphatic carbocycles. The van der Waals surface area contributed by atoms with Crippen molar-refractivity contribution < 1.29 is 81.9 Å². The summed E-state index contributed by atoms with van der Waals surface area (Å²) < 4.78 is 56.8. The zero-order valence-electron chi connectivity index (χ0n) is 56.0. The molecule has 18 nitrogen and oxygen atoms in total. The summed E-state index contributed by atoms with van der Waals surface area (Å²) in [5.74, 6) is -0.820. The lowest BCUT2D eigenvalue weighted by Crippen LogP contribution is -2.68. The van der Waals surface area contributed by atoms with Crippen LogP contribution in [-0.2, 0) is 41.5 Å². The number of amides is 1. The maximum atomic E-state index is 13.1. The predicted molar refractivity (Wildman–Crippen MR) is 355 cm³/mol. The molecule has 508 valence electrons. The molecule has 9 N–H and O–H groups in total. The summed E-state index contributed by atoms with van der Waals surface area (Å²) in [6.45, 7) is 25.0. The van der Waals surface area contributed by atoms with Crippen molar-refractivity contribution in [3.8, 4) is 0 Å². The number of hydrogen-bond donors (Lipinski definition) is 9. The Hall–Kier alpha value is -3.49. The van der Waals surface area contributed by atoms with Crippen molar-refractivity contribution in [2.45, 2.75) is 280 Å². The van der Waals surface area contributed by atoms with Gasteiger partial charge in [0.15, 0.2) is 12.6 Å². The van der Waals surface area contributed by atoms with E-state index in [9.17, 15) is 54.4 Å². The molecule has 2 unspecified atom stereocenters. The van der Waals surface area contributed by atoms with E-state index in [0.29, 0.717) is 12.8 Å². The number of carbonyl (C=O) groups excluding carboxylic acids is 1. The van der Waals surface area contributed by atoms with Crippen LogP contribution in [0, 0.1) is 0 Å². The number of ether oxygens (including phenoxy) is 3. The second-order valence-corrected chi connectivity index (χ2v) is 27.8. The number of nitrogens with one attached hydrogen (secondary N) is 1. The average Bonchev–Trinajstić information content (AvgIpc) is 1.01. The highest BCUT2D eigenvalue weighted by atomic mass is 31.3. The molecular formula is C69H115NO17P2. The maximum absolute atomic E-state index is 13.1. The largest absolute Gasteiger partial charge is 0.483 e. The smallest absolute Gasteiger partial charge is 0.394 e. The first kappa shape index (κ1) is 81.6. The molecule has 12 atom stereocenters. The molecule has 0 aromatic carbocycles. The Morgan fingerprint density at radius 1 is 0.416 bits per heavy atom. The van der Waals surface area contributed by atoms with Gasteiger partial charge < -0.3 is 60.0 Å². The van der Waals surface area contributed by atoms with E-state index < -0.39 is 103 Å². The summed E-state index contributed by atoms with van der Waals surface area (Å²) >= 11 is 0. The van der Waals surface area contributed by atoms with Crippen molar-refractivity contribution in [2.24, 2.45) is 0 Å². The first-order valence-corrected chi connectivity index (χ1v) is 35.0. The third kappa shape index (κ3) is 35.9. The van der Waals surface area contributed by atoms with Gasteiger partial charge in [-0.25, -0.2) is 9.13 Å². The number of rotatable bonds is 42. The van der Waals surface area contributed by atoms with Crippen LogP contribution >= 0.6 is 15.6 Å². The van der Waals surface area contributed by atoms with Crippen LogP contribution in [0.3, 0.4) is 0 Å². The number of aliphatic hydroxyl groups excluding tert-OH is 6. The van der Waals surface area contributed by atoms with Crippen molar-refractivity contribution >= 4 is 21.6 Å². The Balaban J connectivity index is 1.70. The van der Waals surface area contributed by atoms with Crippen molar-refractivity contribution in [1.82, 2.24) is 5.32 Å². The monoisotopic (exact) mass is 1290 g/mol. The van der Waals surface area contributed by atoms with Gasteiger partial charge in [0, 0.05) is 6.92 Å². The number of hydrogen-bond acceptors (Lipinski definition) is 15. The molecule has 2 aliphatic heterocycles. The minimum Gasteiger partial charge on any atom is -0.394 e. The summed E-state index contributed by atoms with van der Waals surface area (Å²) in [6.07, 6.45) is 29.6. The van der Waals surface area contributed by atoms with Gasteiger partial charge in [0.2, 0.25) is 5.91 Å². The first-order chi connectivity index (χ1) is 42.0. The molecule has 0 aromatic heterocycles. The summed E-state index contributed by atoms with van der Waals surface area (Å²) in [5.41, 5.74) is 15.1. The fourth-order valence-corrected chi connectivity index (χ4v) is 12.2. The molecule has 0 saturated carbocycles. The molecule has 0 aromatic rings. The van der Waals surface area contributed by atoms with Crippen LogP contribution < -0.4 is 5.32 Å². The normalized spacial score (nSPS) is 25.7. The van der Waals surface area contributed by atoms with Gasteiger partial charge >= 0.3 is 15.6 Å². The van der Waals surface area contributed by atoms with Crippen LogP contribution in [0.5, 0.6) is 0 Å². The maximum Gasteiger partial charge on any atom is 0.483 e. The van der Waals surface area contributed by atoms with Crippen LogP contribution in [0.1, 0.15) is 218 Å². The van der Waals surface area contributed by atoms with Crippen LogP contribution in [0.25, 0.3) is 0 Å². The molecule has 89 heavy (non-hydrogen) atoms. The average molecular weight is 1290 g/mol. The van der Waals surface area contributed by atoms with Gasteiger partial charge in [0.05, 0.1) is 19.8 Å². The number of carbonyl (C=O) groups is 1. The zero-order chi connectivity index (χ0) is 66.7. The van der Waals surface area contributed by atoms with Gasteiger partial charge in [-0.1, -0.05) is 128 Å². The molecule has 0 radical (unpaired) electrons. The molecule has 20 heteroatoms. The van der Waals surface area contributed by atoms with E-state index in [0.717, 1.165) is 128 Å². The summed E-state index contributed by atoms with van der Waals surface area (Å²) in [6, 6.07) is -1.76. The Kier molecular flexibility index (Phi) is 40.5. The minimum absolute atomic E-state index is 0.480. The lowest BCUT2D eigenvalue weighted by Gasteiger charge is -2.47. The van der Waals surface area contributed by atoms with Gasteiger partial charge in [-0.3, -0.25) is 13.8 Å². The Morgan fingerprint density at radius 2 is 0.719 bits per heavy atom. The molecule has 0 bridgehead atoms. The Labute approximate surface area is 534 Å². The number of phosphoric ester groups is 2. The van der Waals surface area contributed by atoms with Crippen molar-refractivity contribution in [2.75, 3.05) is 19.8 Å². The van der Waals surface area contributed by atoms with Crippen molar-refractivity contribution in [1.29, 1.82) is 0 Å². The van der Waals surface area contributed by atoms with Crippen molar-refractivity contribution in [3.05, 3.63) is 128 Å². The topological polar surface area (TPSA) is 280 Å². The quantitative estimate of drug-likeness (QED) is 0.0203. The highest BCUT2D eigenvalue weighted by Gasteiger charge is 2.53. The Bertz CT molecular complexity index is 2590. The SMILES string of the molecule is CC(=O)N[C@H]1[C@@H](OP(=O)(O)OP(=O)(O)OC/C=C(/C)CC/C=C(/C)CC/C=C(/C)CC/C=C(/C)CC/C=C(/C)CC/C=C(/C)CC/C=C(/C)CC/C=C(/C)CC/C=C(\C)CC/C=C(\C)CCC=C(C)C)O[C@H](CO)[C@@H](O)[C@@H]1O[C@H]1O[C@H](CO)[C@H](O)[C@H](O)[C@H]1O. The van der Waals surface area contributed by atoms with Crippen molar-refractivity contribution in [3.63, 3.8) is 0 Å². The molecule has 1 amide bonds. The Morgan fingerprint density at radius 3 is 1.03 bits per heavy atom. The van der Waals surface area contributed by atoms with Gasteiger partial charge in [-0.15, -0.1) is 0 Å². The zero-order valence-corrected chi connectivity index (χ0v) is 57.8. The van der Waals surface area contributed by atoms with E-state index >= 15 is 0 Å². The molecule has 2 heterocycles. The molecule has 2 fully saturated rings. The lowest BCUT2D eigenvalue weighted by molar-refractivity contribution is -0.340. The summed E-state index contributed by atoms with van der Waals surface area (Å²) in [7, 11) is -10.9. The fourth-order valence-electron chi connectivity index (χ4n) is 10.1. The fraction of sp³-hybridized carbons (Fsp3) is 0.667. The van der Waals surface area contributed by atoms with Gasteiger partial charge in [0.25, 0.3) is 0 Å². The van der Waals surface area contributed by atoms with Crippen LogP contribution in [0.4, 0.5) is 0 Å². The van der Waals surface area contributed by atoms with Gasteiger partial charge in [0.1, 0.15) is 48.8 Å². The van der Waals surface area contributed by atoms with E-state index in [1.54, 1.807) is 6.92 Å². The number of allylic oxidation sites excluding steroid dienone is 21. The standard InChI is InChI=1S/C69H115NO17P2/c1-48(2)24-14-25-49(3)26-15-27-50(4)28-16-29-51(5)30-17-31-52(6)32-18-33-53(7)34-19-35-54(8)36-20-37-55(9)38-21-39-56(10)40-22-41-57(11)42-23-43-58(12)44-45-82-88(78,79)87-89(80,81)86-68-62(70-59(13)73)67(64(75)61(47-72)83-68)85-69-66(77)65(76)63(74)60(46-71)84-69/h24,26,28,30,32,34,36,38,40,42,44,60-69,71-72,74-77H,14-23,25,27,29,31,33,35,37,39,41,43,45-47H2,1-13H3,(H,70,73)(H,78,79)(H,80,81)/b49-26+,50-28+,51-30-,52-32-,53-34-,54-36-,55-38-,56-40-,57-42-,58-44-/t60-,61-,62-,63+,64-,65+,66-,67-,68-,69-/m1/s1. The summed E-state index contributed by atoms with van der Waals surface area (Å²) in [5, 5.41) is 63.7. The molecule has 2 rings (SSSR count). The molecule has 2 saturated heterocycles. The second-order valence-electron chi connectivity index (χ2n) is 24.8. The third-order valence-corrected chi connectivity index (χ3v) is 18.5. The van der Waals surface area contributed by atoms with E-state index in [4.69, 9.17) is 23.3 Å². The lowest BCUT2D eigenvalue weighted by atomic mass is 9.95. The van der Waals surface area contributed by atoms with E-state index in [-0.39, 0.29) is 0 Å². The van der Waals surface area contributed by atoms with Crippen LogP contribution in [-0.4, -0.2) is 128 Å². The minimum atomic E-state index is -5.64. The van der Waals surface area contributed by atoms with Gasteiger partial charge in [-0.05, 0) is 212 Å². The summed E-state index contributed by atoms with van der Waals surface area (Å²) in [4.78, 5) is 33.2. The number of phosphoric acid groups is 2. The second kappa shape index (κ2) is 44.2. The van der Waals surface area contributed by atoms with Gasteiger partial charge in [-0.2, -0.15) is 4.31 Å². The van der Waals surface area contributed by atoms with E-state index in [1.807, 2.05) is 0 Å². The first-order valence-electron chi connectivity index (χ1n) is 32.0. The third-order valence-electron chi connectivity index (χ3n) is 15.9. The molecular weight excluding hydrogens is 1180 g/mol. The van der Waals surface area contributed by atoms with Crippen LogP contribution in [0.2, 0.25) is 0 Å². The highest BCUT2D eigenvalue weighted by Crippen LogP contribution is 2.61.